The average Bonchev–Trinajstić information content (AvgIpc) is 2.44. The molecule has 5 heteroatoms. The number of amides is 1. The van der Waals surface area contributed by atoms with E-state index in [-0.39, 0.29) is 5.91 Å². The van der Waals surface area contributed by atoms with E-state index in [0.717, 1.165) is 23.4 Å². The van der Waals surface area contributed by atoms with Gasteiger partial charge in [0.1, 0.15) is 11.5 Å². The molecule has 1 aromatic carbocycles. The molecule has 0 saturated carbocycles. The Morgan fingerprint density at radius 1 is 1.20 bits per heavy atom. The van der Waals surface area contributed by atoms with E-state index in [1.54, 1.807) is 6.20 Å². The van der Waals surface area contributed by atoms with Crippen LogP contribution in [0.3, 0.4) is 0 Å². The predicted molar refractivity (Wildman–Crippen MR) is 80.1 cm³/mol. The van der Waals surface area contributed by atoms with Crippen LogP contribution in [0.25, 0.3) is 0 Å². The maximum absolute atomic E-state index is 12.1. The second-order valence-electron chi connectivity index (χ2n) is 4.59. The molecule has 1 aromatic heterocycles. The topological polar surface area (TPSA) is 66.9 Å². The lowest BCUT2D eigenvalue weighted by atomic mass is 10.1. The number of anilines is 2. The summed E-state index contributed by atoms with van der Waals surface area (Å²) in [5.41, 5.74) is 3.21. The summed E-state index contributed by atoms with van der Waals surface area (Å²) in [6, 6.07) is 5.93. The number of aryl methyl sites for hydroxylation is 2. The molecule has 0 bridgehead atoms. The maximum Gasteiger partial charge on any atom is 0.275 e. The number of carbonyl (C=O) groups is 1. The van der Waals surface area contributed by atoms with Crippen molar-refractivity contribution in [3.8, 4) is 0 Å². The molecule has 2 aromatic rings. The predicted octanol–water partition coefficient (Wildman–Crippen LogP) is 2.78. The number of hydrogen-bond donors (Lipinski definition) is 2. The molecule has 0 atom stereocenters. The van der Waals surface area contributed by atoms with Gasteiger partial charge in [0, 0.05) is 12.2 Å². The highest BCUT2D eigenvalue weighted by atomic mass is 16.1. The van der Waals surface area contributed by atoms with E-state index >= 15 is 0 Å². The quantitative estimate of drug-likeness (QED) is 0.896. The number of nitrogens with zero attached hydrogens (tertiary/aromatic N) is 2. The Bertz CT molecular complexity index is 608. The summed E-state index contributed by atoms with van der Waals surface area (Å²) >= 11 is 0. The molecule has 104 valence electrons. The van der Waals surface area contributed by atoms with Crippen LogP contribution in [0.5, 0.6) is 0 Å². The summed E-state index contributed by atoms with van der Waals surface area (Å²) in [5.74, 6) is 0.407. The van der Waals surface area contributed by atoms with Crippen molar-refractivity contribution in [3.05, 3.63) is 47.4 Å². The van der Waals surface area contributed by atoms with Crippen molar-refractivity contribution in [1.82, 2.24) is 9.97 Å². The van der Waals surface area contributed by atoms with Crippen LogP contribution in [0.4, 0.5) is 11.5 Å². The van der Waals surface area contributed by atoms with Crippen molar-refractivity contribution in [2.24, 2.45) is 0 Å². The minimum Gasteiger partial charge on any atom is -0.369 e. The summed E-state index contributed by atoms with van der Waals surface area (Å²) in [4.78, 5) is 20.4. The molecular formula is C15H18N4O. The Hall–Kier alpha value is -2.43. The first-order valence-electron chi connectivity index (χ1n) is 6.54. The highest BCUT2D eigenvalue weighted by Gasteiger charge is 2.09. The van der Waals surface area contributed by atoms with Crippen molar-refractivity contribution in [3.63, 3.8) is 0 Å². The van der Waals surface area contributed by atoms with E-state index in [2.05, 4.69) is 20.6 Å². The Morgan fingerprint density at radius 3 is 2.65 bits per heavy atom. The number of carbonyl (C=O) groups excluding carboxylic acids is 1. The summed E-state index contributed by atoms with van der Waals surface area (Å²) in [6.07, 6.45) is 3.03. The van der Waals surface area contributed by atoms with Crippen LogP contribution in [0.15, 0.2) is 30.6 Å². The number of benzene rings is 1. The van der Waals surface area contributed by atoms with Gasteiger partial charge in [-0.2, -0.15) is 0 Å². The summed E-state index contributed by atoms with van der Waals surface area (Å²) < 4.78 is 0. The highest BCUT2D eigenvalue weighted by molar-refractivity contribution is 6.03. The third kappa shape index (κ3) is 3.32. The lowest BCUT2D eigenvalue weighted by molar-refractivity contribution is 0.102. The van der Waals surface area contributed by atoms with Gasteiger partial charge in [-0.3, -0.25) is 4.79 Å². The van der Waals surface area contributed by atoms with Gasteiger partial charge in [0.15, 0.2) is 0 Å². The van der Waals surface area contributed by atoms with Crippen molar-refractivity contribution in [2.45, 2.75) is 20.8 Å². The van der Waals surface area contributed by atoms with Gasteiger partial charge in [-0.25, -0.2) is 9.97 Å². The van der Waals surface area contributed by atoms with Gasteiger partial charge in [-0.15, -0.1) is 0 Å². The molecule has 0 spiro atoms. The summed E-state index contributed by atoms with van der Waals surface area (Å²) in [7, 11) is 0. The van der Waals surface area contributed by atoms with E-state index in [0.29, 0.717) is 11.5 Å². The van der Waals surface area contributed by atoms with Crippen molar-refractivity contribution >= 4 is 17.4 Å². The molecule has 0 aliphatic heterocycles. The third-order valence-corrected chi connectivity index (χ3v) is 2.88. The fourth-order valence-corrected chi connectivity index (χ4v) is 1.77. The van der Waals surface area contributed by atoms with E-state index < -0.39 is 0 Å². The molecular weight excluding hydrogens is 252 g/mol. The van der Waals surface area contributed by atoms with Crippen LogP contribution in [0.1, 0.15) is 28.5 Å². The first-order valence-corrected chi connectivity index (χ1v) is 6.54. The normalized spacial score (nSPS) is 10.2. The van der Waals surface area contributed by atoms with Crippen molar-refractivity contribution in [1.29, 1.82) is 0 Å². The Labute approximate surface area is 118 Å². The van der Waals surface area contributed by atoms with Gasteiger partial charge in [-0.1, -0.05) is 12.1 Å². The summed E-state index contributed by atoms with van der Waals surface area (Å²) in [5, 5.41) is 5.89. The van der Waals surface area contributed by atoms with Crippen LogP contribution in [-0.2, 0) is 0 Å². The molecule has 5 nitrogen and oxygen atoms in total. The lowest BCUT2D eigenvalue weighted by Crippen LogP contribution is -2.15. The largest absolute Gasteiger partial charge is 0.369 e. The van der Waals surface area contributed by atoms with E-state index in [9.17, 15) is 4.79 Å². The fraction of sp³-hybridized carbons (Fsp3) is 0.267. The Balaban J connectivity index is 2.13. The minimum atomic E-state index is -0.255. The second kappa shape index (κ2) is 6.14. The van der Waals surface area contributed by atoms with Crippen LogP contribution >= 0.6 is 0 Å². The second-order valence-corrected chi connectivity index (χ2v) is 4.59. The monoisotopic (exact) mass is 270 g/mol. The molecule has 2 N–H and O–H groups in total. The van der Waals surface area contributed by atoms with Gasteiger partial charge in [0.05, 0.1) is 12.4 Å². The first kappa shape index (κ1) is 14.0. The molecule has 0 aliphatic rings. The SMILES string of the molecule is CCNc1cnc(C(=O)Nc2cc(C)ccc2C)cn1. The van der Waals surface area contributed by atoms with E-state index in [4.69, 9.17) is 0 Å². The third-order valence-electron chi connectivity index (χ3n) is 2.88. The molecule has 0 unspecified atom stereocenters. The lowest BCUT2D eigenvalue weighted by Gasteiger charge is -2.09. The molecule has 0 radical (unpaired) electrons. The molecule has 0 fully saturated rings. The fourth-order valence-electron chi connectivity index (χ4n) is 1.77. The maximum atomic E-state index is 12.1. The molecule has 20 heavy (non-hydrogen) atoms. The van der Waals surface area contributed by atoms with Gasteiger partial charge in [0.25, 0.3) is 5.91 Å². The van der Waals surface area contributed by atoms with Crippen LogP contribution in [0.2, 0.25) is 0 Å². The van der Waals surface area contributed by atoms with Crippen molar-refractivity contribution < 1.29 is 4.79 Å². The molecule has 0 aliphatic carbocycles. The molecule has 1 heterocycles. The Morgan fingerprint density at radius 2 is 2.00 bits per heavy atom. The minimum absolute atomic E-state index is 0.255. The number of nitrogens with one attached hydrogen (secondary N) is 2. The zero-order valence-corrected chi connectivity index (χ0v) is 11.9. The average molecular weight is 270 g/mol. The van der Waals surface area contributed by atoms with Crippen LogP contribution in [0, 0.1) is 13.8 Å². The first-order chi connectivity index (χ1) is 9.60. The van der Waals surface area contributed by atoms with E-state index in [1.165, 1.54) is 6.20 Å². The standard InChI is InChI=1S/C15H18N4O/c1-4-16-14-9-17-13(8-18-14)15(20)19-12-7-10(2)5-6-11(12)3/h5-9H,4H2,1-3H3,(H,16,18)(H,19,20). The van der Waals surface area contributed by atoms with Crippen LogP contribution < -0.4 is 10.6 Å². The number of aromatic nitrogens is 2. The van der Waals surface area contributed by atoms with E-state index in [1.807, 2.05) is 39.0 Å². The van der Waals surface area contributed by atoms with Gasteiger partial charge in [0.2, 0.25) is 0 Å². The molecule has 2 rings (SSSR count). The van der Waals surface area contributed by atoms with Gasteiger partial charge < -0.3 is 10.6 Å². The van der Waals surface area contributed by atoms with Crippen molar-refractivity contribution in [2.75, 3.05) is 17.2 Å². The van der Waals surface area contributed by atoms with Crippen LogP contribution in [-0.4, -0.2) is 22.4 Å². The van der Waals surface area contributed by atoms with Gasteiger partial charge >= 0.3 is 0 Å². The van der Waals surface area contributed by atoms with Gasteiger partial charge in [-0.05, 0) is 38.0 Å². The zero-order chi connectivity index (χ0) is 14.5. The molecule has 0 saturated heterocycles. The number of hydrogen-bond acceptors (Lipinski definition) is 4. The number of rotatable bonds is 4. The highest BCUT2D eigenvalue weighted by Crippen LogP contribution is 2.17. The Kier molecular flexibility index (Phi) is 4.30. The zero-order valence-electron chi connectivity index (χ0n) is 11.9. The smallest absolute Gasteiger partial charge is 0.275 e. The molecule has 1 amide bonds. The summed E-state index contributed by atoms with van der Waals surface area (Å²) in [6.45, 7) is 6.68.